The molecule has 20 heavy (non-hydrogen) atoms. The van der Waals surface area contributed by atoms with Crippen molar-refractivity contribution in [3.63, 3.8) is 0 Å². The van der Waals surface area contributed by atoms with Gasteiger partial charge in [-0.25, -0.2) is 0 Å². The normalized spacial score (nSPS) is 10.7. The predicted octanol–water partition coefficient (Wildman–Crippen LogP) is 4.63. The number of fused-ring (bicyclic) bond motifs is 1. The fourth-order valence-electron chi connectivity index (χ4n) is 2.15. The van der Waals surface area contributed by atoms with E-state index in [2.05, 4.69) is 51.4 Å². The average Bonchev–Trinajstić information content (AvgIpc) is 2.46. The maximum absolute atomic E-state index is 5.99. The number of halogens is 1. The molecule has 0 aliphatic carbocycles. The number of nitrogens with one attached hydrogen (secondary N) is 1. The number of nitrogens with zero attached hydrogens (tertiary/aromatic N) is 1. The molecule has 1 heterocycles. The summed E-state index contributed by atoms with van der Waals surface area (Å²) in [6.45, 7) is 2.07. The molecule has 0 saturated carbocycles. The van der Waals surface area contributed by atoms with Gasteiger partial charge in [0.15, 0.2) is 0 Å². The molecule has 3 nitrogen and oxygen atoms in total. The van der Waals surface area contributed by atoms with E-state index < -0.39 is 0 Å². The number of benzene rings is 2. The van der Waals surface area contributed by atoms with E-state index in [9.17, 15) is 0 Å². The summed E-state index contributed by atoms with van der Waals surface area (Å²) in [4.78, 5) is 4.13. The lowest BCUT2D eigenvalue weighted by atomic mass is 10.1. The summed E-state index contributed by atoms with van der Waals surface area (Å²) in [5.41, 5.74) is 9.99. The van der Waals surface area contributed by atoms with Gasteiger partial charge < -0.3 is 11.1 Å². The lowest BCUT2D eigenvalue weighted by molar-refractivity contribution is 1.36. The van der Waals surface area contributed by atoms with Crippen LogP contribution in [-0.2, 0) is 0 Å². The Morgan fingerprint density at radius 3 is 2.75 bits per heavy atom. The van der Waals surface area contributed by atoms with Crippen LogP contribution in [-0.4, -0.2) is 4.98 Å². The van der Waals surface area contributed by atoms with Crippen molar-refractivity contribution in [1.29, 1.82) is 0 Å². The van der Waals surface area contributed by atoms with E-state index >= 15 is 0 Å². The molecule has 0 bridgehead atoms. The average molecular weight is 328 g/mol. The summed E-state index contributed by atoms with van der Waals surface area (Å²) in [7, 11) is 0. The maximum Gasteiger partial charge on any atom is 0.0466 e. The first-order valence-corrected chi connectivity index (χ1v) is 7.10. The number of pyridine rings is 1. The van der Waals surface area contributed by atoms with Gasteiger partial charge in [-0.1, -0.05) is 22.0 Å². The predicted molar refractivity (Wildman–Crippen MR) is 88.3 cm³/mol. The highest BCUT2D eigenvalue weighted by molar-refractivity contribution is 9.10. The molecule has 0 spiro atoms. The minimum atomic E-state index is 0.740. The molecule has 0 atom stereocenters. The fourth-order valence-corrected chi connectivity index (χ4v) is 2.53. The maximum atomic E-state index is 5.99. The molecule has 0 aliphatic heterocycles. The molecule has 0 amide bonds. The number of rotatable bonds is 2. The Kier molecular flexibility index (Phi) is 3.32. The molecular formula is C16H14BrN3. The third-order valence-electron chi connectivity index (χ3n) is 3.30. The third kappa shape index (κ3) is 2.34. The van der Waals surface area contributed by atoms with Gasteiger partial charge in [0.25, 0.3) is 0 Å². The van der Waals surface area contributed by atoms with Crippen LogP contribution in [0.2, 0.25) is 0 Å². The molecule has 3 aromatic rings. The third-order valence-corrected chi connectivity index (χ3v) is 4.16. The number of hydrogen-bond acceptors (Lipinski definition) is 3. The highest BCUT2D eigenvalue weighted by atomic mass is 79.9. The van der Waals surface area contributed by atoms with Crippen molar-refractivity contribution in [3.8, 4) is 0 Å². The number of nitrogens with two attached hydrogens (primary N) is 1. The van der Waals surface area contributed by atoms with E-state index in [1.54, 1.807) is 12.4 Å². The molecule has 2 aromatic carbocycles. The zero-order chi connectivity index (χ0) is 14.1. The van der Waals surface area contributed by atoms with Gasteiger partial charge in [-0.15, -0.1) is 0 Å². The minimum absolute atomic E-state index is 0.740. The first-order valence-electron chi connectivity index (χ1n) is 6.30. The number of aromatic nitrogens is 1. The lowest BCUT2D eigenvalue weighted by Gasteiger charge is -2.12. The Bertz CT molecular complexity index is 784. The largest absolute Gasteiger partial charge is 0.398 e. The molecule has 100 valence electrons. The molecule has 1 aromatic heterocycles. The standard InChI is InChI=1S/C16H14BrN3/c1-10-2-3-11(8-14(10)17)20-16-5-4-15(18)13-9-19-7-6-12(13)16/h2-9,20H,18H2,1H3. The molecule has 0 fully saturated rings. The molecule has 0 saturated heterocycles. The second-order valence-corrected chi connectivity index (χ2v) is 5.57. The molecule has 0 unspecified atom stereocenters. The summed E-state index contributed by atoms with van der Waals surface area (Å²) < 4.78 is 1.09. The van der Waals surface area contributed by atoms with Crippen molar-refractivity contribution in [3.05, 3.63) is 58.8 Å². The first kappa shape index (κ1) is 12.9. The lowest BCUT2D eigenvalue weighted by Crippen LogP contribution is -1.95. The van der Waals surface area contributed by atoms with Crippen LogP contribution in [0.15, 0.2) is 53.3 Å². The molecule has 0 aliphatic rings. The van der Waals surface area contributed by atoms with Crippen molar-refractivity contribution in [2.45, 2.75) is 6.92 Å². The number of anilines is 3. The van der Waals surface area contributed by atoms with Crippen molar-refractivity contribution >= 4 is 43.8 Å². The van der Waals surface area contributed by atoms with E-state index in [4.69, 9.17) is 5.73 Å². The highest BCUT2D eigenvalue weighted by Crippen LogP contribution is 2.30. The fraction of sp³-hybridized carbons (Fsp3) is 0.0625. The molecule has 3 N–H and O–H groups in total. The van der Waals surface area contributed by atoms with Crippen LogP contribution >= 0.6 is 15.9 Å². The van der Waals surface area contributed by atoms with Crippen molar-refractivity contribution in [2.24, 2.45) is 0 Å². The summed E-state index contributed by atoms with van der Waals surface area (Å²) in [6.07, 6.45) is 3.57. The van der Waals surface area contributed by atoms with Gasteiger partial charge in [-0.05, 0) is 42.8 Å². The Morgan fingerprint density at radius 2 is 1.95 bits per heavy atom. The summed E-state index contributed by atoms with van der Waals surface area (Å²) in [5, 5.41) is 5.46. The number of hydrogen-bond donors (Lipinski definition) is 2. The minimum Gasteiger partial charge on any atom is -0.398 e. The van der Waals surface area contributed by atoms with Crippen LogP contribution in [0.1, 0.15) is 5.56 Å². The second-order valence-electron chi connectivity index (χ2n) is 4.71. The Hall–Kier alpha value is -2.07. The first-order chi connectivity index (χ1) is 9.65. The summed E-state index contributed by atoms with van der Waals surface area (Å²) in [6, 6.07) is 12.1. The van der Waals surface area contributed by atoms with Gasteiger partial charge in [-0.3, -0.25) is 4.98 Å². The van der Waals surface area contributed by atoms with Crippen LogP contribution in [0.4, 0.5) is 17.1 Å². The van der Waals surface area contributed by atoms with Crippen molar-refractivity contribution in [1.82, 2.24) is 4.98 Å². The van der Waals surface area contributed by atoms with Gasteiger partial charge in [0.1, 0.15) is 0 Å². The molecular weight excluding hydrogens is 314 g/mol. The van der Waals surface area contributed by atoms with Crippen LogP contribution in [0.25, 0.3) is 10.8 Å². The SMILES string of the molecule is Cc1ccc(Nc2ccc(N)c3cnccc23)cc1Br. The van der Waals surface area contributed by atoms with Gasteiger partial charge in [0.05, 0.1) is 0 Å². The number of nitrogen functional groups attached to an aromatic ring is 1. The quantitative estimate of drug-likeness (QED) is 0.674. The Balaban J connectivity index is 2.06. The topological polar surface area (TPSA) is 50.9 Å². The van der Waals surface area contributed by atoms with E-state index in [1.165, 1.54) is 5.56 Å². The van der Waals surface area contributed by atoms with Crippen molar-refractivity contribution in [2.75, 3.05) is 11.1 Å². The van der Waals surface area contributed by atoms with E-state index in [-0.39, 0.29) is 0 Å². The number of aryl methyl sites for hydroxylation is 1. The monoisotopic (exact) mass is 327 g/mol. The zero-order valence-corrected chi connectivity index (χ0v) is 12.6. The van der Waals surface area contributed by atoms with E-state index in [0.29, 0.717) is 0 Å². The Labute approximate surface area is 126 Å². The van der Waals surface area contributed by atoms with Crippen LogP contribution in [0, 0.1) is 6.92 Å². The van der Waals surface area contributed by atoms with E-state index in [1.807, 2.05) is 18.2 Å². The second kappa shape index (κ2) is 5.13. The van der Waals surface area contributed by atoms with Crippen LogP contribution < -0.4 is 11.1 Å². The summed E-state index contributed by atoms with van der Waals surface area (Å²) in [5.74, 6) is 0. The summed E-state index contributed by atoms with van der Waals surface area (Å²) >= 11 is 3.55. The van der Waals surface area contributed by atoms with Crippen molar-refractivity contribution < 1.29 is 0 Å². The van der Waals surface area contributed by atoms with Gasteiger partial charge >= 0.3 is 0 Å². The van der Waals surface area contributed by atoms with E-state index in [0.717, 1.165) is 32.3 Å². The zero-order valence-electron chi connectivity index (χ0n) is 11.0. The van der Waals surface area contributed by atoms with Gasteiger partial charge in [0.2, 0.25) is 0 Å². The Morgan fingerprint density at radius 1 is 1.10 bits per heavy atom. The van der Waals surface area contributed by atoms with Gasteiger partial charge in [-0.2, -0.15) is 0 Å². The molecule has 0 radical (unpaired) electrons. The van der Waals surface area contributed by atoms with Gasteiger partial charge in [0, 0.05) is 44.7 Å². The molecule has 3 rings (SSSR count). The van der Waals surface area contributed by atoms with Crippen LogP contribution in [0.3, 0.4) is 0 Å². The smallest absolute Gasteiger partial charge is 0.0466 e. The molecule has 4 heteroatoms. The van der Waals surface area contributed by atoms with Crippen LogP contribution in [0.5, 0.6) is 0 Å². The highest BCUT2D eigenvalue weighted by Gasteiger charge is 2.05.